The standard InChI is InChI=1S/C34H67N2/c1-5-8-10-12-14-16-17-18-19-20-21-22-23-25-27-29-33(4)36-32-31-35(34(36)7-3)30-28-26-24-15-13-11-9-6-2/h31-33H,5-30H2,1-4H3/q+1. The highest BCUT2D eigenvalue weighted by atomic mass is 15.2. The zero-order valence-electron chi connectivity index (χ0n) is 25.5. The molecule has 0 bridgehead atoms. The summed E-state index contributed by atoms with van der Waals surface area (Å²) in [6.45, 7) is 10.6. The number of hydrogen-bond acceptors (Lipinski definition) is 0. The molecule has 36 heavy (non-hydrogen) atoms. The molecule has 1 unspecified atom stereocenters. The SMILES string of the molecule is CCCCCCCCCCCCCCCCCC(C)[n+]1ccn(CCCCCCCCCC)c1CC. The summed E-state index contributed by atoms with van der Waals surface area (Å²) in [4.78, 5) is 0. The first-order valence-electron chi connectivity index (χ1n) is 16.8. The van der Waals surface area contributed by atoms with Gasteiger partial charge in [0.25, 0.3) is 5.82 Å². The van der Waals surface area contributed by atoms with Crippen LogP contribution in [0.5, 0.6) is 0 Å². The van der Waals surface area contributed by atoms with Crippen LogP contribution in [-0.2, 0) is 13.0 Å². The Kier molecular flexibility index (Phi) is 22.7. The number of unbranched alkanes of at least 4 members (excludes halogenated alkanes) is 21. The van der Waals surface area contributed by atoms with Gasteiger partial charge in [-0.25, -0.2) is 9.13 Å². The smallest absolute Gasteiger partial charge is 0.234 e. The summed E-state index contributed by atoms with van der Waals surface area (Å²) in [5, 5.41) is 0. The maximum atomic E-state index is 2.58. The summed E-state index contributed by atoms with van der Waals surface area (Å²) in [7, 11) is 0. The lowest BCUT2D eigenvalue weighted by Gasteiger charge is -2.11. The third-order valence-electron chi connectivity index (χ3n) is 8.31. The monoisotopic (exact) mass is 504 g/mol. The Morgan fingerprint density at radius 3 is 1.36 bits per heavy atom. The van der Waals surface area contributed by atoms with E-state index in [4.69, 9.17) is 0 Å². The van der Waals surface area contributed by atoms with E-state index >= 15 is 0 Å². The van der Waals surface area contributed by atoms with Crippen LogP contribution in [0.15, 0.2) is 12.4 Å². The van der Waals surface area contributed by atoms with E-state index in [1.165, 1.54) is 166 Å². The molecule has 212 valence electrons. The number of aryl methyl sites for hydroxylation is 1. The fourth-order valence-corrected chi connectivity index (χ4v) is 5.83. The van der Waals surface area contributed by atoms with Gasteiger partial charge in [0, 0.05) is 6.42 Å². The minimum atomic E-state index is 0.640. The van der Waals surface area contributed by atoms with Crippen LogP contribution in [-0.4, -0.2) is 4.57 Å². The van der Waals surface area contributed by atoms with Gasteiger partial charge in [0.1, 0.15) is 12.4 Å². The zero-order valence-corrected chi connectivity index (χ0v) is 25.5. The van der Waals surface area contributed by atoms with Gasteiger partial charge >= 0.3 is 0 Å². The van der Waals surface area contributed by atoms with Gasteiger partial charge in [0.05, 0.1) is 12.6 Å². The number of imidazole rings is 1. The molecule has 2 heteroatoms. The quantitative estimate of drug-likeness (QED) is 0.0833. The van der Waals surface area contributed by atoms with Crippen LogP contribution < -0.4 is 4.57 Å². The van der Waals surface area contributed by atoms with Crippen LogP contribution >= 0.6 is 0 Å². The molecular formula is C34H67N2+. The van der Waals surface area contributed by atoms with Crippen molar-refractivity contribution in [2.45, 2.75) is 201 Å². The molecule has 1 rings (SSSR count). The second-order valence-corrected chi connectivity index (χ2v) is 11.7. The molecule has 1 atom stereocenters. The van der Waals surface area contributed by atoms with E-state index in [1.807, 2.05) is 0 Å². The molecule has 0 radical (unpaired) electrons. The summed E-state index contributed by atoms with van der Waals surface area (Å²) in [6.07, 6.45) is 40.1. The van der Waals surface area contributed by atoms with Gasteiger partial charge < -0.3 is 0 Å². The highest BCUT2D eigenvalue weighted by Gasteiger charge is 2.19. The molecule has 0 amide bonds. The Bertz CT molecular complexity index is 576. The summed E-state index contributed by atoms with van der Waals surface area (Å²) in [5.41, 5.74) is 0. The summed E-state index contributed by atoms with van der Waals surface area (Å²) in [6, 6.07) is 0.640. The van der Waals surface area contributed by atoms with Gasteiger partial charge in [-0.05, 0) is 32.6 Å². The molecule has 1 heterocycles. The molecule has 1 aromatic rings. The highest BCUT2D eigenvalue weighted by molar-refractivity contribution is 4.83. The summed E-state index contributed by atoms with van der Waals surface area (Å²) >= 11 is 0. The molecule has 0 spiro atoms. The molecular weight excluding hydrogens is 436 g/mol. The van der Waals surface area contributed by atoms with E-state index in [9.17, 15) is 0 Å². The molecule has 0 aromatic carbocycles. The van der Waals surface area contributed by atoms with Crippen LogP contribution in [0.25, 0.3) is 0 Å². The minimum absolute atomic E-state index is 0.640. The number of rotatable bonds is 27. The van der Waals surface area contributed by atoms with Crippen molar-refractivity contribution in [2.75, 3.05) is 0 Å². The normalized spacial score (nSPS) is 12.4. The van der Waals surface area contributed by atoms with E-state index in [0.717, 1.165) is 6.42 Å². The maximum Gasteiger partial charge on any atom is 0.256 e. The Hall–Kier alpha value is -0.790. The lowest BCUT2D eigenvalue weighted by atomic mass is 10.0. The maximum absolute atomic E-state index is 2.58. The van der Waals surface area contributed by atoms with Crippen molar-refractivity contribution in [1.29, 1.82) is 0 Å². The number of nitrogens with zero attached hydrogens (tertiary/aromatic N) is 2. The third-order valence-corrected chi connectivity index (χ3v) is 8.31. The molecule has 2 nitrogen and oxygen atoms in total. The van der Waals surface area contributed by atoms with E-state index in [1.54, 1.807) is 0 Å². The predicted octanol–water partition coefficient (Wildman–Crippen LogP) is 11.3. The third kappa shape index (κ3) is 16.9. The fourth-order valence-electron chi connectivity index (χ4n) is 5.83. The average Bonchev–Trinajstić information content (AvgIpc) is 3.30. The lowest BCUT2D eigenvalue weighted by Crippen LogP contribution is -2.40. The van der Waals surface area contributed by atoms with Crippen molar-refractivity contribution in [2.24, 2.45) is 0 Å². The van der Waals surface area contributed by atoms with Crippen LogP contribution in [0.3, 0.4) is 0 Å². The van der Waals surface area contributed by atoms with Gasteiger partial charge in [0.15, 0.2) is 0 Å². The van der Waals surface area contributed by atoms with Crippen molar-refractivity contribution >= 4 is 0 Å². The van der Waals surface area contributed by atoms with Crippen LogP contribution in [0, 0.1) is 0 Å². The van der Waals surface area contributed by atoms with Gasteiger partial charge in [-0.3, -0.25) is 0 Å². The Balaban J connectivity index is 2.04. The molecule has 0 fully saturated rings. The van der Waals surface area contributed by atoms with E-state index in [0.29, 0.717) is 6.04 Å². The van der Waals surface area contributed by atoms with Crippen LogP contribution in [0.4, 0.5) is 0 Å². The minimum Gasteiger partial charge on any atom is -0.234 e. The van der Waals surface area contributed by atoms with Crippen LogP contribution in [0.1, 0.15) is 194 Å². The van der Waals surface area contributed by atoms with Gasteiger partial charge in [-0.1, -0.05) is 149 Å². The first kappa shape index (κ1) is 33.2. The van der Waals surface area contributed by atoms with Gasteiger partial charge in [-0.15, -0.1) is 0 Å². The molecule has 0 N–H and O–H groups in total. The summed E-state index contributed by atoms with van der Waals surface area (Å²) in [5.74, 6) is 1.53. The van der Waals surface area contributed by atoms with E-state index in [2.05, 4.69) is 49.2 Å². The van der Waals surface area contributed by atoms with Crippen molar-refractivity contribution in [3.63, 3.8) is 0 Å². The second-order valence-electron chi connectivity index (χ2n) is 11.7. The Morgan fingerprint density at radius 1 is 0.556 bits per heavy atom. The molecule has 1 aromatic heterocycles. The first-order valence-corrected chi connectivity index (χ1v) is 16.8. The second kappa shape index (κ2) is 24.5. The highest BCUT2D eigenvalue weighted by Crippen LogP contribution is 2.16. The number of hydrogen-bond donors (Lipinski definition) is 0. The Labute approximate surface area is 228 Å². The average molecular weight is 504 g/mol. The van der Waals surface area contributed by atoms with Crippen molar-refractivity contribution < 1.29 is 4.57 Å². The first-order chi connectivity index (χ1) is 17.7. The largest absolute Gasteiger partial charge is 0.256 e. The molecule has 0 saturated heterocycles. The predicted molar refractivity (Wildman–Crippen MR) is 161 cm³/mol. The zero-order chi connectivity index (χ0) is 26.1. The summed E-state index contributed by atoms with van der Waals surface area (Å²) < 4.78 is 5.12. The molecule has 0 aliphatic heterocycles. The van der Waals surface area contributed by atoms with Crippen LogP contribution in [0.2, 0.25) is 0 Å². The Morgan fingerprint density at radius 2 is 0.944 bits per heavy atom. The van der Waals surface area contributed by atoms with Crippen molar-refractivity contribution in [3.8, 4) is 0 Å². The van der Waals surface area contributed by atoms with Crippen molar-refractivity contribution in [1.82, 2.24) is 4.57 Å². The topological polar surface area (TPSA) is 8.81 Å². The fraction of sp³-hybridized carbons (Fsp3) is 0.912. The van der Waals surface area contributed by atoms with E-state index < -0.39 is 0 Å². The molecule has 0 saturated carbocycles. The molecule has 0 aliphatic rings. The van der Waals surface area contributed by atoms with Crippen molar-refractivity contribution in [3.05, 3.63) is 18.2 Å². The molecule has 0 aliphatic carbocycles. The number of aromatic nitrogens is 2. The van der Waals surface area contributed by atoms with E-state index in [-0.39, 0.29) is 0 Å². The van der Waals surface area contributed by atoms with Gasteiger partial charge in [-0.2, -0.15) is 0 Å². The lowest BCUT2D eigenvalue weighted by molar-refractivity contribution is -0.726. The van der Waals surface area contributed by atoms with Gasteiger partial charge in [0.2, 0.25) is 0 Å².